The summed E-state index contributed by atoms with van der Waals surface area (Å²) in [5.41, 5.74) is 2.34. The summed E-state index contributed by atoms with van der Waals surface area (Å²) in [5.74, 6) is 1.56. The van der Waals surface area contributed by atoms with Crippen molar-refractivity contribution in [3.8, 4) is 11.4 Å². The van der Waals surface area contributed by atoms with E-state index in [4.69, 9.17) is 0 Å². The van der Waals surface area contributed by atoms with Crippen LogP contribution in [0.3, 0.4) is 0 Å². The Bertz CT molecular complexity index is 542. The van der Waals surface area contributed by atoms with Gasteiger partial charge in [0.15, 0.2) is 5.82 Å². The monoisotopic (exact) mass is 257 g/mol. The van der Waals surface area contributed by atoms with Gasteiger partial charge in [0.05, 0.1) is 0 Å². The molecule has 2 heterocycles. The van der Waals surface area contributed by atoms with E-state index < -0.39 is 0 Å². The minimum Gasteiger partial charge on any atom is -0.317 e. The van der Waals surface area contributed by atoms with Gasteiger partial charge in [-0.3, -0.25) is 0 Å². The van der Waals surface area contributed by atoms with Crippen molar-refractivity contribution in [3.05, 3.63) is 29.8 Å². The third-order valence-electron chi connectivity index (χ3n) is 3.81. The fourth-order valence-electron chi connectivity index (χ4n) is 2.65. The zero-order chi connectivity index (χ0) is 13.1. The van der Waals surface area contributed by atoms with Crippen molar-refractivity contribution in [2.75, 3.05) is 13.1 Å². The van der Waals surface area contributed by atoms with E-state index in [-0.39, 0.29) is 0 Å². The molecule has 3 rings (SSSR count). The predicted octanol–water partition coefficient (Wildman–Crippen LogP) is 1.65. The number of piperidine rings is 1. The third kappa shape index (κ3) is 2.66. The molecular formula is C14H19N5. The highest BCUT2D eigenvalue weighted by molar-refractivity contribution is 5.59. The zero-order valence-corrected chi connectivity index (χ0v) is 11.2. The maximum Gasteiger partial charge on any atom is 0.182 e. The molecule has 0 spiro atoms. The number of aromatic nitrogens is 4. The first-order valence-corrected chi connectivity index (χ1v) is 6.87. The molecule has 0 aliphatic carbocycles. The van der Waals surface area contributed by atoms with Gasteiger partial charge in [-0.25, -0.2) is 4.68 Å². The van der Waals surface area contributed by atoms with Crippen LogP contribution in [0, 0.1) is 12.8 Å². The largest absolute Gasteiger partial charge is 0.317 e. The van der Waals surface area contributed by atoms with E-state index in [1.807, 2.05) is 16.8 Å². The van der Waals surface area contributed by atoms with Crippen molar-refractivity contribution in [1.82, 2.24) is 25.5 Å². The fraction of sp³-hybridized carbons (Fsp3) is 0.500. The van der Waals surface area contributed by atoms with Crippen molar-refractivity contribution >= 4 is 0 Å². The quantitative estimate of drug-likeness (QED) is 0.908. The minimum absolute atomic E-state index is 0.674. The van der Waals surface area contributed by atoms with Gasteiger partial charge in [0.2, 0.25) is 0 Å². The van der Waals surface area contributed by atoms with Crippen molar-refractivity contribution in [2.24, 2.45) is 5.92 Å². The zero-order valence-electron chi connectivity index (χ0n) is 11.2. The number of hydrogen-bond acceptors (Lipinski definition) is 4. The Hall–Kier alpha value is -1.75. The van der Waals surface area contributed by atoms with E-state index in [0.29, 0.717) is 5.92 Å². The maximum atomic E-state index is 4.20. The lowest BCUT2D eigenvalue weighted by molar-refractivity contribution is 0.320. The SMILES string of the molecule is Cc1ccccc1-c1nnnn1CC1CCNCC1. The lowest BCUT2D eigenvalue weighted by Gasteiger charge is -2.22. The number of aryl methyl sites for hydroxylation is 1. The Morgan fingerprint density at radius 2 is 2.05 bits per heavy atom. The van der Waals surface area contributed by atoms with Gasteiger partial charge in [0, 0.05) is 12.1 Å². The van der Waals surface area contributed by atoms with Crippen LogP contribution < -0.4 is 5.32 Å². The molecule has 1 aliphatic heterocycles. The van der Waals surface area contributed by atoms with Crippen LogP contribution in [0.1, 0.15) is 18.4 Å². The fourth-order valence-corrected chi connectivity index (χ4v) is 2.65. The molecule has 0 bridgehead atoms. The molecule has 0 unspecified atom stereocenters. The van der Waals surface area contributed by atoms with E-state index in [0.717, 1.165) is 31.0 Å². The van der Waals surface area contributed by atoms with E-state index >= 15 is 0 Å². The molecule has 100 valence electrons. The molecule has 0 saturated carbocycles. The van der Waals surface area contributed by atoms with Crippen molar-refractivity contribution in [2.45, 2.75) is 26.3 Å². The highest BCUT2D eigenvalue weighted by Crippen LogP contribution is 2.22. The molecule has 1 aromatic carbocycles. The summed E-state index contributed by atoms with van der Waals surface area (Å²) in [6.45, 7) is 5.22. The van der Waals surface area contributed by atoms with Gasteiger partial charge in [0.25, 0.3) is 0 Å². The number of nitrogens with one attached hydrogen (secondary N) is 1. The Kier molecular flexibility index (Phi) is 3.55. The summed E-state index contributed by atoms with van der Waals surface area (Å²) in [6.07, 6.45) is 2.40. The van der Waals surface area contributed by atoms with Crippen LogP contribution in [0.2, 0.25) is 0 Å². The Labute approximate surface area is 113 Å². The van der Waals surface area contributed by atoms with Gasteiger partial charge in [-0.1, -0.05) is 24.3 Å². The molecule has 19 heavy (non-hydrogen) atoms. The molecular weight excluding hydrogens is 238 g/mol. The lowest BCUT2D eigenvalue weighted by Crippen LogP contribution is -2.30. The van der Waals surface area contributed by atoms with E-state index in [1.54, 1.807) is 0 Å². The summed E-state index contributed by atoms with van der Waals surface area (Å²) < 4.78 is 1.96. The standard InChI is InChI=1S/C14H19N5/c1-11-4-2-3-5-13(11)14-16-17-18-19(14)10-12-6-8-15-9-7-12/h2-5,12,15H,6-10H2,1H3. The molecule has 1 N–H and O–H groups in total. The van der Waals surface area contributed by atoms with Gasteiger partial charge in [0.1, 0.15) is 0 Å². The molecule has 5 heteroatoms. The van der Waals surface area contributed by atoms with Crippen LogP contribution in [0.4, 0.5) is 0 Å². The summed E-state index contributed by atoms with van der Waals surface area (Å²) >= 11 is 0. The predicted molar refractivity (Wildman–Crippen MR) is 73.6 cm³/mol. The first-order chi connectivity index (χ1) is 9.34. The Morgan fingerprint density at radius 1 is 1.26 bits per heavy atom. The number of rotatable bonds is 3. The average molecular weight is 257 g/mol. The van der Waals surface area contributed by atoms with Crippen LogP contribution in [-0.4, -0.2) is 33.3 Å². The Morgan fingerprint density at radius 3 is 2.84 bits per heavy atom. The van der Waals surface area contributed by atoms with Crippen LogP contribution in [-0.2, 0) is 6.54 Å². The molecule has 0 radical (unpaired) electrons. The molecule has 0 amide bonds. The van der Waals surface area contributed by atoms with Crippen LogP contribution >= 0.6 is 0 Å². The molecule has 1 saturated heterocycles. The van der Waals surface area contributed by atoms with E-state index in [2.05, 4.69) is 39.9 Å². The summed E-state index contributed by atoms with van der Waals surface area (Å²) in [4.78, 5) is 0. The summed E-state index contributed by atoms with van der Waals surface area (Å²) in [7, 11) is 0. The van der Waals surface area contributed by atoms with Crippen molar-refractivity contribution in [1.29, 1.82) is 0 Å². The lowest BCUT2D eigenvalue weighted by atomic mass is 9.98. The van der Waals surface area contributed by atoms with Crippen molar-refractivity contribution in [3.63, 3.8) is 0 Å². The minimum atomic E-state index is 0.674. The molecule has 0 atom stereocenters. The van der Waals surface area contributed by atoms with E-state index in [1.165, 1.54) is 18.4 Å². The number of hydrogen-bond donors (Lipinski definition) is 1. The summed E-state index contributed by atoms with van der Waals surface area (Å²) in [6, 6.07) is 8.25. The first kappa shape index (κ1) is 12.3. The van der Waals surface area contributed by atoms with Crippen LogP contribution in [0.25, 0.3) is 11.4 Å². The van der Waals surface area contributed by atoms with Gasteiger partial charge in [-0.15, -0.1) is 5.10 Å². The second-order valence-electron chi connectivity index (χ2n) is 5.19. The van der Waals surface area contributed by atoms with Gasteiger partial charge < -0.3 is 5.32 Å². The van der Waals surface area contributed by atoms with Crippen LogP contribution in [0.15, 0.2) is 24.3 Å². The summed E-state index contributed by atoms with van der Waals surface area (Å²) in [5, 5.41) is 15.6. The normalized spacial score (nSPS) is 16.7. The average Bonchev–Trinajstić information content (AvgIpc) is 2.88. The molecule has 2 aromatic rings. The van der Waals surface area contributed by atoms with Crippen LogP contribution in [0.5, 0.6) is 0 Å². The van der Waals surface area contributed by atoms with E-state index in [9.17, 15) is 0 Å². The highest BCUT2D eigenvalue weighted by atomic mass is 15.5. The first-order valence-electron chi connectivity index (χ1n) is 6.87. The second kappa shape index (κ2) is 5.48. The second-order valence-corrected chi connectivity index (χ2v) is 5.19. The smallest absolute Gasteiger partial charge is 0.182 e. The molecule has 1 aliphatic rings. The highest BCUT2D eigenvalue weighted by Gasteiger charge is 2.17. The molecule has 1 fully saturated rings. The number of tetrazole rings is 1. The van der Waals surface area contributed by atoms with Gasteiger partial charge in [-0.2, -0.15) is 0 Å². The maximum absolute atomic E-state index is 4.20. The van der Waals surface area contributed by atoms with Crippen molar-refractivity contribution < 1.29 is 0 Å². The molecule has 5 nitrogen and oxygen atoms in total. The molecule has 1 aromatic heterocycles. The Balaban J connectivity index is 1.84. The van der Waals surface area contributed by atoms with Gasteiger partial charge in [-0.05, 0) is 54.8 Å². The number of benzene rings is 1. The van der Waals surface area contributed by atoms with Gasteiger partial charge >= 0.3 is 0 Å². The number of nitrogens with zero attached hydrogens (tertiary/aromatic N) is 4. The topological polar surface area (TPSA) is 55.6 Å². The third-order valence-corrected chi connectivity index (χ3v) is 3.81.